The van der Waals surface area contributed by atoms with Crippen LogP contribution >= 0.6 is 0 Å². The summed E-state index contributed by atoms with van der Waals surface area (Å²) < 4.78 is 0. The van der Waals surface area contributed by atoms with Crippen LogP contribution in [-0.2, 0) is 9.59 Å². The number of nitrogens with one attached hydrogen (secondary N) is 1. The largest absolute Gasteiger partial charge is 0.343 e. The van der Waals surface area contributed by atoms with E-state index < -0.39 is 0 Å². The molecule has 0 bridgehead atoms. The van der Waals surface area contributed by atoms with Gasteiger partial charge in [-0.15, -0.1) is 0 Å². The van der Waals surface area contributed by atoms with Crippen LogP contribution in [0.15, 0.2) is 0 Å². The number of hydrogen-bond acceptors (Lipinski definition) is 2. The average Bonchev–Trinajstić information content (AvgIpc) is 2.72. The summed E-state index contributed by atoms with van der Waals surface area (Å²) in [6, 6.07) is -0.686. The molecule has 1 aliphatic carbocycles. The van der Waals surface area contributed by atoms with Crippen LogP contribution in [-0.4, -0.2) is 35.3 Å². The third-order valence-corrected chi connectivity index (χ3v) is 4.61. The topological polar surface area (TPSA) is 49.4 Å². The summed E-state index contributed by atoms with van der Waals surface area (Å²) in [6.07, 6.45) is 4.81. The predicted octanol–water partition coefficient (Wildman–Crippen LogP) is 1.94. The second-order valence-corrected chi connectivity index (χ2v) is 6.90. The fourth-order valence-corrected chi connectivity index (χ4v) is 3.52. The number of carbonyl (C=O) groups excluding carboxylic acids is 2. The Morgan fingerprint density at radius 1 is 1.32 bits per heavy atom. The third-order valence-electron chi connectivity index (χ3n) is 4.61. The van der Waals surface area contributed by atoms with Crippen molar-refractivity contribution in [3.63, 3.8) is 0 Å². The van der Waals surface area contributed by atoms with Gasteiger partial charge in [-0.1, -0.05) is 33.6 Å². The van der Waals surface area contributed by atoms with Crippen molar-refractivity contribution in [1.82, 2.24) is 10.2 Å². The SMILES string of the molecule is CC1NC(=O)C(C(C)C)N(CC2(C)CCCC2)C1=O. The highest BCUT2D eigenvalue weighted by Gasteiger charge is 2.43. The van der Waals surface area contributed by atoms with Gasteiger partial charge in [0.15, 0.2) is 0 Å². The number of rotatable bonds is 3. The lowest BCUT2D eigenvalue weighted by atomic mass is 9.86. The first-order valence-corrected chi connectivity index (χ1v) is 7.45. The summed E-state index contributed by atoms with van der Waals surface area (Å²) in [7, 11) is 0. The highest BCUT2D eigenvalue weighted by Crippen LogP contribution is 2.39. The van der Waals surface area contributed by atoms with Crippen LogP contribution in [0.5, 0.6) is 0 Å². The quantitative estimate of drug-likeness (QED) is 0.848. The Balaban J connectivity index is 2.21. The maximum atomic E-state index is 12.4. The maximum Gasteiger partial charge on any atom is 0.245 e. The van der Waals surface area contributed by atoms with Gasteiger partial charge >= 0.3 is 0 Å². The lowest BCUT2D eigenvalue weighted by Gasteiger charge is -2.43. The predicted molar refractivity (Wildman–Crippen MR) is 74.5 cm³/mol. The van der Waals surface area contributed by atoms with Crippen LogP contribution in [0.1, 0.15) is 53.4 Å². The molecule has 1 N–H and O–H groups in total. The first-order valence-electron chi connectivity index (χ1n) is 7.45. The van der Waals surface area contributed by atoms with Crippen LogP contribution < -0.4 is 5.32 Å². The maximum absolute atomic E-state index is 12.4. The van der Waals surface area contributed by atoms with E-state index in [4.69, 9.17) is 0 Å². The molecule has 1 aliphatic heterocycles. The highest BCUT2D eigenvalue weighted by molar-refractivity contribution is 5.96. The van der Waals surface area contributed by atoms with Crippen LogP contribution in [0, 0.1) is 11.3 Å². The Morgan fingerprint density at radius 3 is 2.42 bits per heavy atom. The minimum atomic E-state index is -0.382. The molecule has 2 rings (SSSR count). The molecule has 0 aromatic rings. The van der Waals surface area contributed by atoms with Gasteiger partial charge in [-0.3, -0.25) is 9.59 Å². The Bertz CT molecular complexity index is 372. The first kappa shape index (κ1) is 14.4. The molecular weight excluding hydrogens is 240 g/mol. The van der Waals surface area contributed by atoms with E-state index in [2.05, 4.69) is 12.2 Å². The molecule has 19 heavy (non-hydrogen) atoms. The normalized spacial score (nSPS) is 30.9. The van der Waals surface area contributed by atoms with Gasteiger partial charge in [-0.25, -0.2) is 0 Å². The Kier molecular flexibility index (Phi) is 3.88. The van der Waals surface area contributed by atoms with Gasteiger partial charge < -0.3 is 10.2 Å². The summed E-state index contributed by atoms with van der Waals surface area (Å²) >= 11 is 0. The molecule has 108 valence electrons. The van der Waals surface area contributed by atoms with Crippen molar-refractivity contribution < 1.29 is 9.59 Å². The van der Waals surface area contributed by atoms with Gasteiger partial charge in [0, 0.05) is 6.54 Å². The molecule has 1 heterocycles. The lowest BCUT2D eigenvalue weighted by molar-refractivity contribution is -0.152. The molecule has 2 amide bonds. The van der Waals surface area contributed by atoms with E-state index in [1.807, 2.05) is 18.7 Å². The fourth-order valence-electron chi connectivity index (χ4n) is 3.52. The molecule has 2 unspecified atom stereocenters. The van der Waals surface area contributed by atoms with Crippen molar-refractivity contribution in [2.75, 3.05) is 6.54 Å². The number of hydrogen-bond donors (Lipinski definition) is 1. The molecule has 2 aliphatic rings. The number of carbonyl (C=O) groups is 2. The standard InChI is InChI=1S/C15H26N2O2/c1-10(2)12-13(18)16-11(3)14(19)17(12)9-15(4)7-5-6-8-15/h10-12H,5-9H2,1-4H3,(H,16,18). The molecule has 2 atom stereocenters. The van der Waals surface area contributed by atoms with Crippen molar-refractivity contribution in [3.8, 4) is 0 Å². The minimum Gasteiger partial charge on any atom is -0.343 e. The van der Waals surface area contributed by atoms with Crippen LogP contribution in [0.3, 0.4) is 0 Å². The van der Waals surface area contributed by atoms with E-state index in [9.17, 15) is 9.59 Å². The van der Waals surface area contributed by atoms with Gasteiger partial charge in [-0.05, 0) is 31.1 Å². The molecular formula is C15H26N2O2. The summed E-state index contributed by atoms with van der Waals surface area (Å²) in [5.74, 6) is 0.233. The van der Waals surface area contributed by atoms with E-state index >= 15 is 0 Å². The Hall–Kier alpha value is -1.06. The summed E-state index contributed by atoms with van der Waals surface area (Å²) in [5, 5.41) is 2.80. The van der Waals surface area contributed by atoms with E-state index in [-0.39, 0.29) is 35.2 Å². The molecule has 0 aromatic heterocycles. The molecule has 2 fully saturated rings. The molecule has 1 saturated heterocycles. The van der Waals surface area contributed by atoms with Gasteiger partial charge in [0.25, 0.3) is 0 Å². The smallest absolute Gasteiger partial charge is 0.245 e. The van der Waals surface area contributed by atoms with Crippen molar-refractivity contribution in [1.29, 1.82) is 0 Å². The van der Waals surface area contributed by atoms with Gasteiger partial charge in [0.1, 0.15) is 12.1 Å². The van der Waals surface area contributed by atoms with Crippen LogP contribution in [0.4, 0.5) is 0 Å². The number of amides is 2. The van der Waals surface area contributed by atoms with Gasteiger partial charge in [-0.2, -0.15) is 0 Å². The molecule has 1 saturated carbocycles. The third kappa shape index (κ3) is 2.77. The molecule has 4 heteroatoms. The van der Waals surface area contributed by atoms with Crippen LogP contribution in [0.2, 0.25) is 0 Å². The van der Waals surface area contributed by atoms with Gasteiger partial charge in [0.2, 0.25) is 11.8 Å². The van der Waals surface area contributed by atoms with Crippen molar-refractivity contribution in [3.05, 3.63) is 0 Å². The lowest BCUT2D eigenvalue weighted by Crippen LogP contribution is -2.65. The average molecular weight is 266 g/mol. The molecule has 4 nitrogen and oxygen atoms in total. The van der Waals surface area contributed by atoms with Crippen molar-refractivity contribution >= 4 is 11.8 Å². The van der Waals surface area contributed by atoms with Crippen molar-refractivity contribution in [2.24, 2.45) is 11.3 Å². The van der Waals surface area contributed by atoms with E-state index in [1.165, 1.54) is 12.8 Å². The first-order chi connectivity index (χ1) is 8.84. The zero-order valence-electron chi connectivity index (χ0n) is 12.5. The second kappa shape index (κ2) is 5.14. The van der Waals surface area contributed by atoms with Crippen LogP contribution in [0.25, 0.3) is 0 Å². The van der Waals surface area contributed by atoms with E-state index in [1.54, 1.807) is 6.92 Å². The number of nitrogens with zero attached hydrogens (tertiary/aromatic N) is 1. The van der Waals surface area contributed by atoms with E-state index in [0.717, 1.165) is 19.4 Å². The fraction of sp³-hybridized carbons (Fsp3) is 0.867. The summed E-state index contributed by atoms with van der Waals surface area (Å²) in [4.78, 5) is 26.4. The summed E-state index contributed by atoms with van der Waals surface area (Å²) in [6.45, 7) is 8.78. The van der Waals surface area contributed by atoms with Gasteiger partial charge in [0.05, 0.1) is 0 Å². The second-order valence-electron chi connectivity index (χ2n) is 6.90. The molecule has 0 radical (unpaired) electrons. The molecule has 0 spiro atoms. The monoisotopic (exact) mass is 266 g/mol. The summed E-state index contributed by atoms with van der Waals surface area (Å²) in [5.41, 5.74) is 0.195. The molecule has 0 aromatic carbocycles. The number of piperazine rings is 1. The highest BCUT2D eigenvalue weighted by atomic mass is 16.2. The zero-order valence-corrected chi connectivity index (χ0v) is 12.5. The van der Waals surface area contributed by atoms with Crippen molar-refractivity contribution in [2.45, 2.75) is 65.5 Å². The van der Waals surface area contributed by atoms with E-state index in [0.29, 0.717) is 0 Å². The zero-order chi connectivity index (χ0) is 14.2. The minimum absolute atomic E-state index is 0.00342. The Morgan fingerprint density at radius 2 is 1.89 bits per heavy atom. The Labute approximate surface area is 115 Å².